The van der Waals surface area contributed by atoms with Gasteiger partial charge < -0.3 is 14.7 Å². The maximum atomic E-state index is 12.8. The smallest absolute Gasteiger partial charge is 0.410 e. The summed E-state index contributed by atoms with van der Waals surface area (Å²) in [4.78, 5) is 14.6. The first-order chi connectivity index (χ1) is 11.7. The van der Waals surface area contributed by atoms with Crippen molar-refractivity contribution in [2.75, 3.05) is 6.54 Å². The van der Waals surface area contributed by atoms with Crippen LogP contribution >= 0.6 is 15.9 Å². The summed E-state index contributed by atoms with van der Waals surface area (Å²) < 4.78 is 7.02. The number of carbonyl (C=O) groups excluding carboxylic acids is 1. The monoisotopic (exact) mass is 409 g/mol. The van der Waals surface area contributed by atoms with E-state index >= 15 is 0 Å². The molecular weight excluding hydrogens is 382 g/mol. The lowest BCUT2D eigenvalue weighted by atomic mass is 9.81. The Morgan fingerprint density at radius 3 is 2.52 bits per heavy atom. The third kappa shape index (κ3) is 4.76. The zero-order chi connectivity index (χ0) is 18.2. The van der Waals surface area contributed by atoms with Gasteiger partial charge in [-0.2, -0.15) is 0 Å². The zero-order valence-corrected chi connectivity index (χ0v) is 16.9. The molecule has 2 atom stereocenters. The lowest BCUT2D eigenvalue weighted by molar-refractivity contribution is -0.102. The Hall–Kier alpha value is -1.07. The minimum atomic E-state index is -0.839. The first kappa shape index (κ1) is 18.7. The summed E-state index contributed by atoms with van der Waals surface area (Å²) in [5.74, 6) is 0.644. The number of hydrogen-bond donors (Lipinski definition) is 1. The first-order valence-electron chi connectivity index (χ1n) is 9.15. The molecule has 25 heavy (non-hydrogen) atoms. The molecule has 1 aliphatic heterocycles. The van der Waals surface area contributed by atoms with Gasteiger partial charge in [-0.3, -0.25) is 0 Å². The molecule has 0 aromatic heterocycles. The molecule has 1 heterocycles. The molecule has 2 unspecified atom stereocenters. The van der Waals surface area contributed by atoms with Gasteiger partial charge >= 0.3 is 6.09 Å². The van der Waals surface area contributed by atoms with Crippen molar-refractivity contribution < 1.29 is 14.6 Å². The molecule has 4 nitrogen and oxygen atoms in total. The van der Waals surface area contributed by atoms with Gasteiger partial charge in [0.2, 0.25) is 0 Å². The van der Waals surface area contributed by atoms with E-state index in [-0.39, 0.29) is 12.1 Å². The predicted octanol–water partition coefficient (Wildman–Crippen LogP) is 5.05. The van der Waals surface area contributed by atoms with Crippen LogP contribution in [0.1, 0.15) is 64.5 Å². The van der Waals surface area contributed by atoms with Gasteiger partial charge in [-0.25, -0.2) is 4.79 Å². The highest BCUT2D eigenvalue weighted by Gasteiger charge is 2.47. The minimum absolute atomic E-state index is 0.0262. The lowest BCUT2D eigenvalue weighted by Gasteiger charge is -2.45. The highest BCUT2D eigenvalue weighted by atomic mass is 79.9. The van der Waals surface area contributed by atoms with Gasteiger partial charge in [0.15, 0.2) is 0 Å². The number of ether oxygens (including phenoxy) is 1. The molecule has 0 bridgehead atoms. The third-order valence-corrected chi connectivity index (χ3v) is 5.81. The molecule has 1 aromatic carbocycles. The fourth-order valence-electron chi connectivity index (χ4n) is 3.96. The van der Waals surface area contributed by atoms with E-state index in [4.69, 9.17) is 4.74 Å². The predicted molar refractivity (Wildman–Crippen MR) is 101 cm³/mol. The molecule has 1 amide bonds. The van der Waals surface area contributed by atoms with Gasteiger partial charge in [-0.15, -0.1) is 0 Å². The highest BCUT2D eigenvalue weighted by Crippen LogP contribution is 2.45. The van der Waals surface area contributed by atoms with Crippen LogP contribution in [0.25, 0.3) is 0 Å². The van der Waals surface area contributed by atoms with Crippen molar-refractivity contribution in [1.82, 2.24) is 4.90 Å². The van der Waals surface area contributed by atoms with Gasteiger partial charge in [-0.05, 0) is 50.8 Å². The number of amides is 1. The van der Waals surface area contributed by atoms with E-state index < -0.39 is 11.2 Å². The Morgan fingerprint density at radius 2 is 2.00 bits per heavy atom. The van der Waals surface area contributed by atoms with Crippen LogP contribution in [0.15, 0.2) is 28.7 Å². The van der Waals surface area contributed by atoms with E-state index in [0.29, 0.717) is 18.9 Å². The van der Waals surface area contributed by atoms with Crippen molar-refractivity contribution in [2.45, 2.75) is 70.1 Å². The van der Waals surface area contributed by atoms with Crippen LogP contribution in [0, 0.1) is 5.92 Å². The van der Waals surface area contributed by atoms with E-state index in [0.717, 1.165) is 22.9 Å². The molecule has 1 aliphatic carbocycles. The van der Waals surface area contributed by atoms with Gasteiger partial charge in [0, 0.05) is 23.9 Å². The molecule has 138 valence electrons. The summed E-state index contributed by atoms with van der Waals surface area (Å²) in [7, 11) is 0. The lowest BCUT2D eigenvalue weighted by Crippen LogP contribution is -2.53. The maximum Gasteiger partial charge on any atom is 0.410 e. The third-order valence-electron chi connectivity index (χ3n) is 5.28. The van der Waals surface area contributed by atoms with Gasteiger partial charge in [0.05, 0.1) is 11.6 Å². The number of hydrogen-bond acceptors (Lipinski definition) is 3. The van der Waals surface area contributed by atoms with Crippen LogP contribution in [0.2, 0.25) is 0 Å². The van der Waals surface area contributed by atoms with E-state index in [1.54, 1.807) is 18.7 Å². The zero-order valence-electron chi connectivity index (χ0n) is 15.3. The molecule has 3 rings (SSSR count). The van der Waals surface area contributed by atoms with Gasteiger partial charge in [-0.1, -0.05) is 40.9 Å². The van der Waals surface area contributed by atoms with E-state index in [1.165, 1.54) is 12.8 Å². The van der Waals surface area contributed by atoms with Crippen molar-refractivity contribution >= 4 is 22.0 Å². The Bertz CT molecular complexity index is 621. The van der Waals surface area contributed by atoms with Crippen LogP contribution < -0.4 is 0 Å². The summed E-state index contributed by atoms with van der Waals surface area (Å²) in [6.07, 6.45) is 4.33. The van der Waals surface area contributed by atoms with Crippen molar-refractivity contribution in [3.05, 3.63) is 34.3 Å². The topological polar surface area (TPSA) is 49.8 Å². The number of nitrogens with zero attached hydrogens (tertiary/aromatic N) is 1. The van der Waals surface area contributed by atoms with Crippen molar-refractivity contribution in [3.63, 3.8) is 0 Å². The normalized spacial score (nSPS) is 25.6. The van der Waals surface area contributed by atoms with Crippen LogP contribution in [0.4, 0.5) is 4.79 Å². The standard InChI is InChI=1S/C20H28BrNO3/c1-14(16-6-8-17(21)9-7-16)22-11-10-20(25-18(22)23,12-15-4-5-15)13-19(2,3)24/h6-9,14-15,24H,4-5,10-13H2,1-3H3. The Balaban J connectivity index is 1.73. The largest absolute Gasteiger partial charge is 0.443 e. The molecule has 1 aromatic rings. The summed E-state index contributed by atoms with van der Waals surface area (Å²) in [6.45, 7) is 6.30. The fraction of sp³-hybridized carbons (Fsp3) is 0.650. The second-order valence-electron chi connectivity index (χ2n) is 8.36. The van der Waals surface area contributed by atoms with Gasteiger partial charge in [0.25, 0.3) is 0 Å². The maximum absolute atomic E-state index is 12.8. The molecule has 1 N–H and O–H groups in total. The van der Waals surface area contributed by atoms with Crippen LogP contribution in [0.3, 0.4) is 0 Å². The van der Waals surface area contributed by atoms with E-state index in [1.807, 2.05) is 31.2 Å². The number of cyclic esters (lactones) is 1. The van der Waals surface area contributed by atoms with Crippen LogP contribution in [-0.4, -0.2) is 33.8 Å². The van der Waals surface area contributed by atoms with Crippen molar-refractivity contribution in [1.29, 1.82) is 0 Å². The molecule has 2 fully saturated rings. The number of aliphatic hydroxyl groups is 1. The molecule has 5 heteroatoms. The molecule has 1 saturated carbocycles. The number of halogens is 1. The van der Waals surface area contributed by atoms with Crippen molar-refractivity contribution in [3.8, 4) is 0 Å². The van der Waals surface area contributed by atoms with Crippen LogP contribution in [0.5, 0.6) is 0 Å². The second-order valence-corrected chi connectivity index (χ2v) is 9.27. The SMILES string of the molecule is CC(c1ccc(Br)cc1)N1CCC(CC2CC2)(CC(C)(C)O)OC1=O. The Morgan fingerprint density at radius 1 is 1.36 bits per heavy atom. The first-order valence-corrected chi connectivity index (χ1v) is 9.94. The molecule has 1 saturated heterocycles. The average molecular weight is 410 g/mol. The average Bonchev–Trinajstić information content (AvgIpc) is 3.29. The summed E-state index contributed by atoms with van der Waals surface area (Å²) in [5.41, 5.74) is -0.265. The quantitative estimate of drug-likeness (QED) is 0.714. The molecule has 0 spiro atoms. The molecule has 0 radical (unpaired) electrons. The molecular formula is C20H28BrNO3. The van der Waals surface area contributed by atoms with E-state index in [9.17, 15) is 9.90 Å². The minimum Gasteiger partial charge on any atom is -0.443 e. The van der Waals surface area contributed by atoms with Crippen LogP contribution in [-0.2, 0) is 4.74 Å². The summed E-state index contributed by atoms with van der Waals surface area (Å²) >= 11 is 3.45. The van der Waals surface area contributed by atoms with Crippen molar-refractivity contribution in [2.24, 2.45) is 5.92 Å². The van der Waals surface area contributed by atoms with Gasteiger partial charge in [0.1, 0.15) is 5.60 Å². The number of benzene rings is 1. The molecule has 2 aliphatic rings. The second kappa shape index (κ2) is 6.92. The summed E-state index contributed by atoms with van der Waals surface area (Å²) in [6, 6.07) is 8.02. The highest BCUT2D eigenvalue weighted by molar-refractivity contribution is 9.10. The fourth-order valence-corrected chi connectivity index (χ4v) is 4.22. The Labute approximate surface area is 158 Å². The summed E-state index contributed by atoms with van der Waals surface area (Å²) in [5, 5.41) is 10.3. The number of carbonyl (C=O) groups is 1. The van der Waals surface area contributed by atoms with E-state index in [2.05, 4.69) is 15.9 Å². The Kier molecular flexibility index (Phi) is 5.18. The number of rotatable bonds is 6.